The second-order valence-corrected chi connectivity index (χ2v) is 7.31. The van der Waals surface area contributed by atoms with Crippen molar-refractivity contribution in [2.45, 2.75) is 13.2 Å². The van der Waals surface area contributed by atoms with Gasteiger partial charge in [-0.3, -0.25) is 4.79 Å². The van der Waals surface area contributed by atoms with Crippen LogP contribution in [0.25, 0.3) is 6.08 Å². The van der Waals surface area contributed by atoms with Crippen LogP contribution in [-0.2, 0) is 13.2 Å². The third-order valence-electron chi connectivity index (χ3n) is 4.93. The fraction of sp³-hybridized carbons (Fsp3) is 0.0690. The Morgan fingerprint density at radius 2 is 1.22 bits per heavy atom. The van der Waals surface area contributed by atoms with Crippen LogP contribution in [0.5, 0.6) is 11.5 Å². The average molecular weight is 421 g/mol. The van der Waals surface area contributed by atoms with Crippen LogP contribution in [0, 0.1) is 0 Å². The van der Waals surface area contributed by atoms with Gasteiger partial charge in [-0.25, -0.2) is 0 Å². The summed E-state index contributed by atoms with van der Waals surface area (Å²) in [5.74, 6) is 1.04. The van der Waals surface area contributed by atoms with Gasteiger partial charge >= 0.3 is 0 Å². The zero-order valence-corrected chi connectivity index (χ0v) is 17.7. The van der Waals surface area contributed by atoms with E-state index in [9.17, 15) is 4.79 Å². The predicted octanol–water partition coefficient (Wildman–Crippen LogP) is 6.74. The van der Waals surface area contributed by atoms with Crippen LogP contribution in [-0.4, -0.2) is 5.78 Å². The topological polar surface area (TPSA) is 35.5 Å². The molecule has 0 aliphatic rings. The lowest BCUT2D eigenvalue weighted by Crippen LogP contribution is -2.04. The van der Waals surface area contributed by atoms with Crippen LogP contribution >= 0.6 is 0 Å². The maximum atomic E-state index is 12.9. The molecule has 0 saturated heterocycles. The van der Waals surface area contributed by atoms with Gasteiger partial charge in [-0.1, -0.05) is 97.1 Å². The zero-order valence-electron chi connectivity index (χ0n) is 17.7. The standard InChI is InChI=1S/C29H24O3/c30-28(19-16-23-10-4-1-5-11-23)27-18-17-26(31-21-24-12-6-2-7-13-24)20-29(27)32-22-25-14-8-3-9-15-25/h1-20H,21-22H2. The number of hydrogen-bond acceptors (Lipinski definition) is 3. The van der Waals surface area contributed by atoms with Gasteiger partial charge in [-0.05, 0) is 34.9 Å². The maximum Gasteiger partial charge on any atom is 0.189 e. The third kappa shape index (κ3) is 5.96. The lowest BCUT2D eigenvalue weighted by Gasteiger charge is -2.13. The lowest BCUT2D eigenvalue weighted by atomic mass is 10.1. The quantitative estimate of drug-likeness (QED) is 0.222. The number of ketones is 1. The minimum absolute atomic E-state index is 0.119. The molecule has 4 aromatic rings. The molecule has 0 aliphatic heterocycles. The second-order valence-electron chi connectivity index (χ2n) is 7.31. The maximum absolute atomic E-state index is 12.9. The molecule has 0 N–H and O–H groups in total. The Kier molecular flexibility index (Phi) is 7.12. The van der Waals surface area contributed by atoms with Gasteiger partial charge in [-0.2, -0.15) is 0 Å². The third-order valence-corrected chi connectivity index (χ3v) is 4.93. The van der Waals surface area contributed by atoms with Crippen LogP contribution in [0.3, 0.4) is 0 Å². The van der Waals surface area contributed by atoms with Gasteiger partial charge in [0.2, 0.25) is 0 Å². The van der Waals surface area contributed by atoms with E-state index in [0.29, 0.717) is 30.3 Å². The molecule has 0 spiro atoms. The van der Waals surface area contributed by atoms with Crippen LogP contribution in [0.4, 0.5) is 0 Å². The van der Waals surface area contributed by atoms with E-state index in [4.69, 9.17) is 9.47 Å². The molecule has 0 amide bonds. The molecule has 0 aliphatic carbocycles. The van der Waals surface area contributed by atoms with Crippen molar-refractivity contribution in [2.75, 3.05) is 0 Å². The van der Waals surface area contributed by atoms with Gasteiger partial charge in [0.1, 0.15) is 24.7 Å². The van der Waals surface area contributed by atoms with Crippen molar-refractivity contribution in [1.29, 1.82) is 0 Å². The molecule has 158 valence electrons. The number of carbonyl (C=O) groups excluding carboxylic acids is 1. The summed E-state index contributed by atoms with van der Waals surface area (Å²) < 4.78 is 12.0. The number of benzene rings is 4. The van der Waals surface area contributed by atoms with Crippen LogP contribution in [0.1, 0.15) is 27.0 Å². The SMILES string of the molecule is O=C(C=Cc1ccccc1)c1ccc(OCc2ccccc2)cc1OCc1ccccc1. The minimum atomic E-state index is -0.119. The van der Waals surface area contributed by atoms with Gasteiger partial charge in [0.15, 0.2) is 5.78 Å². The van der Waals surface area contributed by atoms with Gasteiger partial charge in [0.25, 0.3) is 0 Å². The first-order chi connectivity index (χ1) is 15.8. The van der Waals surface area contributed by atoms with Crippen molar-refractivity contribution in [2.24, 2.45) is 0 Å². The molecular weight excluding hydrogens is 396 g/mol. The Hall–Kier alpha value is -4.11. The van der Waals surface area contributed by atoms with Crippen molar-refractivity contribution >= 4 is 11.9 Å². The van der Waals surface area contributed by atoms with E-state index in [1.807, 2.05) is 103 Å². The Balaban J connectivity index is 1.54. The molecular formula is C29H24O3. The predicted molar refractivity (Wildman–Crippen MR) is 128 cm³/mol. The van der Waals surface area contributed by atoms with Crippen molar-refractivity contribution < 1.29 is 14.3 Å². The number of allylic oxidation sites excluding steroid dienone is 1. The Morgan fingerprint density at radius 1 is 0.656 bits per heavy atom. The fourth-order valence-corrected chi connectivity index (χ4v) is 3.22. The molecule has 0 atom stereocenters. The Morgan fingerprint density at radius 3 is 1.84 bits per heavy atom. The average Bonchev–Trinajstić information content (AvgIpc) is 2.86. The summed E-state index contributed by atoms with van der Waals surface area (Å²) in [6.07, 6.45) is 3.38. The highest BCUT2D eigenvalue weighted by Crippen LogP contribution is 2.27. The number of rotatable bonds is 9. The molecule has 0 bridgehead atoms. The van der Waals surface area contributed by atoms with E-state index in [0.717, 1.165) is 16.7 Å². The first-order valence-corrected chi connectivity index (χ1v) is 10.5. The summed E-state index contributed by atoms with van der Waals surface area (Å²) in [6, 6.07) is 34.9. The smallest absolute Gasteiger partial charge is 0.189 e. The summed E-state index contributed by atoms with van der Waals surface area (Å²) in [4.78, 5) is 12.9. The lowest BCUT2D eigenvalue weighted by molar-refractivity contribution is 0.104. The first-order valence-electron chi connectivity index (χ1n) is 10.5. The van der Waals surface area contributed by atoms with Crippen molar-refractivity contribution in [1.82, 2.24) is 0 Å². The van der Waals surface area contributed by atoms with Crippen LogP contribution in [0.2, 0.25) is 0 Å². The first kappa shape index (κ1) is 21.1. The molecule has 0 fully saturated rings. The summed E-state index contributed by atoms with van der Waals surface area (Å²) >= 11 is 0. The number of carbonyl (C=O) groups is 1. The Labute approximate surface area is 188 Å². The molecule has 3 nitrogen and oxygen atoms in total. The van der Waals surface area contributed by atoms with Gasteiger partial charge in [0, 0.05) is 6.07 Å². The van der Waals surface area contributed by atoms with Gasteiger partial charge < -0.3 is 9.47 Å². The number of hydrogen-bond donors (Lipinski definition) is 0. The Bertz CT molecular complexity index is 1170. The van der Waals surface area contributed by atoms with Gasteiger partial charge in [-0.15, -0.1) is 0 Å². The minimum Gasteiger partial charge on any atom is -0.489 e. The fourth-order valence-electron chi connectivity index (χ4n) is 3.22. The molecule has 0 aromatic heterocycles. The summed E-state index contributed by atoms with van der Waals surface area (Å²) in [6.45, 7) is 0.811. The molecule has 32 heavy (non-hydrogen) atoms. The zero-order chi connectivity index (χ0) is 22.0. The molecule has 0 saturated carbocycles. The van der Waals surface area contributed by atoms with Crippen molar-refractivity contribution in [3.05, 3.63) is 138 Å². The monoisotopic (exact) mass is 420 g/mol. The van der Waals surface area contributed by atoms with E-state index < -0.39 is 0 Å². The van der Waals surface area contributed by atoms with Crippen LogP contribution in [0.15, 0.2) is 115 Å². The molecule has 0 radical (unpaired) electrons. The van der Waals surface area contributed by atoms with Crippen molar-refractivity contribution in [3.8, 4) is 11.5 Å². The highest BCUT2D eigenvalue weighted by atomic mass is 16.5. The highest BCUT2D eigenvalue weighted by Gasteiger charge is 2.13. The van der Waals surface area contributed by atoms with E-state index in [1.54, 1.807) is 18.2 Å². The van der Waals surface area contributed by atoms with E-state index in [2.05, 4.69) is 0 Å². The van der Waals surface area contributed by atoms with Crippen LogP contribution < -0.4 is 9.47 Å². The molecule has 4 rings (SSSR count). The summed E-state index contributed by atoms with van der Waals surface area (Å²) in [7, 11) is 0. The molecule has 0 unspecified atom stereocenters. The van der Waals surface area contributed by atoms with E-state index in [-0.39, 0.29) is 5.78 Å². The molecule has 3 heteroatoms. The molecule has 0 heterocycles. The number of ether oxygens (including phenoxy) is 2. The second kappa shape index (κ2) is 10.8. The normalized spacial score (nSPS) is 10.8. The summed E-state index contributed by atoms with van der Waals surface area (Å²) in [5.41, 5.74) is 3.57. The van der Waals surface area contributed by atoms with Crippen molar-refractivity contribution in [3.63, 3.8) is 0 Å². The largest absolute Gasteiger partial charge is 0.489 e. The highest BCUT2D eigenvalue weighted by molar-refractivity contribution is 6.08. The van der Waals surface area contributed by atoms with Gasteiger partial charge in [0.05, 0.1) is 5.56 Å². The van der Waals surface area contributed by atoms with E-state index in [1.165, 1.54) is 0 Å². The van der Waals surface area contributed by atoms with E-state index >= 15 is 0 Å². The summed E-state index contributed by atoms with van der Waals surface area (Å²) in [5, 5.41) is 0. The molecule has 4 aromatic carbocycles.